The number of carbonyl (C=O) groups is 1. The largest absolute Gasteiger partial charge is 0.512 e. The molecular weight excluding hydrogens is 663 g/mol. The van der Waals surface area contributed by atoms with Gasteiger partial charge in [0.2, 0.25) is 5.88 Å². The summed E-state index contributed by atoms with van der Waals surface area (Å²) in [5.74, 6) is 1.37. The van der Waals surface area contributed by atoms with Gasteiger partial charge in [-0.15, -0.1) is 12.1 Å². The first-order chi connectivity index (χ1) is 17.6. The number of hydrogen-bond donors (Lipinski definition) is 1. The molecule has 1 aromatic heterocycles. The van der Waals surface area contributed by atoms with Crippen LogP contribution in [-0.4, -0.2) is 15.9 Å². The number of rotatable bonds is 3. The third-order valence-corrected chi connectivity index (χ3v) is 6.14. The summed E-state index contributed by atoms with van der Waals surface area (Å²) < 4.78 is 5.90. The van der Waals surface area contributed by atoms with Gasteiger partial charge in [0.1, 0.15) is 5.76 Å². The van der Waals surface area contributed by atoms with Crippen LogP contribution in [0, 0.1) is 16.9 Å². The number of hydrogen-bond acceptors (Lipinski definition) is 4. The molecule has 209 valence electrons. The van der Waals surface area contributed by atoms with Crippen LogP contribution in [0.25, 0.3) is 21.5 Å². The van der Waals surface area contributed by atoms with Gasteiger partial charge in [0.15, 0.2) is 5.78 Å². The van der Waals surface area contributed by atoms with Crippen LogP contribution in [0.4, 0.5) is 0 Å². The molecule has 4 aromatic rings. The quantitative estimate of drug-likeness (QED) is 0.100. The van der Waals surface area contributed by atoms with E-state index in [0.29, 0.717) is 11.6 Å². The van der Waals surface area contributed by atoms with E-state index in [2.05, 4.69) is 62.2 Å². The van der Waals surface area contributed by atoms with Gasteiger partial charge in [-0.05, 0) is 33.2 Å². The summed E-state index contributed by atoms with van der Waals surface area (Å²) in [6.07, 6.45) is 3.23. The molecule has 4 rings (SSSR count). The molecule has 1 N–H and O–H groups in total. The maximum atomic E-state index is 11.5. The van der Waals surface area contributed by atoms with Crippen molar-refractivity contribution in [3.63, 3.8) is 0 Å². The first-order valence-corrected chi connectivity index (χ1v) is 13.0. The monoisotopic (exact) mass is 703 g/mol. The van der Waals surface area contributed by atoms with Crippen LogP contribution in [0.3, 0.4) is 0 Å². The van der Waals surface area contributed by atoms with Crippen LogP contribution in [0.1, 0.15) is 67.9 Å². The molecule has 0 aliphatic heterocycles. The van der Waals surface area contributed by atoms with Crippen molar-refractivity contribution in [1.82, 2.24) is 4.98 Å². The number of ketones is 1. The predicted molar refractivity (Wildman–Crippen MR) is 158 cm³/mol. The summed E-state index contributed by atoms with van der Waals surface area (Å²) >= 11 is 0. The number of aliphatic hydroxyl groups is 1. The first kappa shape index (κ1) is 32.2. The molecule has 3 aromatic carbocycles. The Labute approximate surface area is 246 Å². The van der Waals surface area contributed by atoms with Crippen LogP contribution in [0.15, 0.2) is 78.7 Å². The molecule has 0 fully saturated rings. The number of aliphatic hydroxyl groups excluding tert-OH is 1. The fourth-order valence-corrected chi connectivity index (χ4v) is 3.92. The minimum Gasteiger partial charge on any atom is -0.512 e. The number of para-hydroxylation sites is 1. The van der Waals surface area contributed by atoms with Crippen molar-refractivity contribution >= 4 is 27.3 Å². The van der Waals surface area contributed by atoms with Crippen molar-refractivity contribution in [2.75, 3.05) is 0 Å². The number of aromatic nitrogens is 1. The number of ether oxygens (including phenoxy) is 1. The van der Waals surface area contributed by atoms with Gasteiger partial charge in [0.05, 0.1) is 0 Å². The number of fused-ring (bicyclic) bond motifs is 2. The Morgan fingerprint density at radius 3 is 2.05 bits per heavy atom. The van der Waals surface area contributed by atoms with Crippen molar-refractivity contribution in [2.24, 2.45) is 10.8 Å². The summed E-state index contributed by atoms with van der Waals surface area (Å²) in [6.45, 7) is 17.9. The number of carbonyl (C=O) groups excluding carboxylic acids is 1. The average Bonchev–Trinajstić information content (AvgIpc) is 2.81. The minimum atomic E-state index is -0.417. The third kappa shape index (κ3) is 8.49. The molecule has 5 heteroatoms. The fourth-order valence-electron chi connectivity index (χ4n) is 3.92. The maximum absolute atomic E-state index is 11.5. The van der Waals surface area contributed by atoms with Crippen LogP contribution in [0.2, 0.25) is 0 Å². The second kappa shape index (κ2) is 12.4. The zero-order valence-corrected chi connectivity index (χ0v) is 26.9. The Morgan fingerprint density at radius 1 is 0.846 bits per heavy atom. The molecule has 0 saturated heterocycles. The molecule has 1 radical (unpaired) electrons. The SMILES string of the molecule is CC(C)(C)C(=O)/C=C(\O)C(C)(C)C.CC(C)(C)c1c2ccccc2cc2cnc(Oc3[c-]cccc3)cc12.[Ir]. The van der Waals surface area contributed by atoms with Gasteiger partial charge in [-0.2, -0.15) is 18.2 Å². The van der Waals surface area contributed by atoms with E-state index in [0.717, 1.165) is 5.39 Å². The summed E-state index contributed by atoms with van der Waals surface area (Å²) in [7, 11) is 0. The Kier molecular flexibility index (Phi) is 10.3. The van der Waals surface area contributed by atoms with Crippen LogP contribution in [0.5, 0.6) is 11.6 Å². The van der Waals surface area contributed by atoms with E-state index in [4.69, 9.17) is 4.74 Å². The number of benzene rings is 3. The molecule has 0 aliphatic rings. The smallest absolute Gasteiger partial charge is 0.217 e. The Morgan fingerprint density at radius 2 is 1.49 bits per heavy atom. The van der Waals surface area contributed by atoms with E-state index in [9.17, 15) is 9.90 Å². The normalized spacial score (nSPS) is 12.4. The van der Waals surface area contributed by atoms with E-state index in [1.54, 1.807) is 0 Å². The van der Waals surface area contributed by atoms with E-state index < -0.39 is 5.41 Å². The van der Waals surface area contributed by atoms with Gasteiger partial charge in [-0.1, -0.05) is 86.6 Å². The van der Waals surface area contributed by atoms with Gasteiger partial charge in [-0.25, -0.2) is 4.98 Å². The Hall–Kier alpha value is -3.01. The van der Waals surface area contributed by atoms with Gasteiger partial charge in [0.25, 0.3) is 0 Å². The molecule has 0 atom stereocenters. The molecule has 0 bridgehead atoms. The summed E-state index contributed by atoms with van der Waals surface area (Å²) in [4.78, 5) is 16.0. The average molecular weight is 703 g/mol. The van der Waals surface area contributed by atoms with Crippen molar-refractivity contribution < 1.29 is 34.7 Å². The first-order valence-electron chi connectivity index (χ1n) is 13.0. The van der Waals surface area contributed by atoms with Gasteiger partial charge >= 0.3 is 0 Å². The molecule has 0 amide bonds. The summed E-state index contributed by atoms with van der Waals surface area (Å²) in [6, 6.07) is 23.4. The van der Waals surface area contributed by atoms with Crippen molar-refractivity contribution in [3.8, 4) is 11.6 Å². The van der Waals surface area contributed by atoms with Crippen LogP contribution in [-0.2, 0) is 30.3 Å². The van der Waals surface area contributed by atoms with E-state index in [1.807, 2.05) is 78.1 Å². The van der Waals surface area contributed by atoms with Crippen molar-refractivity contribution in [2.45, 2.75) is 67.7 Å². The van der Waals surface area contributed by atoms with E-state index in [1.165, 1.54) is 27.8 Å². The molecule has 1 heterocycles. The third-order valence-electron chi connectivity index (χ3n) is 6.14. The van der Waals surface area contributed by atoms with Crippen LogP contribution >= 0.6 is 0 Å². The van der Waals surface area contributed by atoms with Crippen molar-refractivity contribution in [1.29, 1.82) is 0 Å². The molecular formula is C34H40IrNO3-. The molecule has 39 heavy (non-hydrogen) atoms. The molecule has 4 nitrogen and oxygen atoms in total. The maximum Gasteiger partial charge on any atom is 0.217 e. The van der Waals surface area contributed by atoms with Crippen LogP contribution < -0.4 is 4.74 Å². The Balaban J connectivity index is 0.000000328. The number of nitrogens with zero attached hydrogens (tertiary/aromatic N) is 1. The summed E-state index contributed by atoms with van der Waals surface area (Å²) in [5, 5.41) is 14.4. The molecule has 0 saturated carbocycles. The topological polar surface area (TPSA) is 59.4 Å². The zero-order valence-electron chi connectivity index (χ0n) is 24.5. The number of pyridine rings is 1. The standard InChI is InChI=1S/C23H20NO.C11H20O2.Ir/c1-23(2,3)22-19-12-8-7-9-16(19)13-17-15-24-21(14-20(17)22)25-18-10-5-4-6-11-18;1-10(2,3)8(12)7-9(13)11(4,5)6;/h4-10,12-15H,1-3H3;7,12H,1-6H3;/q-1;;/b;8-7-;. The fraction of sp³-hybridized carbons (Fsp3) is 0.353. The molecule has 0 unspecified atom stereocenters. The second-order valence-electron chi connectivity index (χ2n) is 12.7. The summed E-state index contributed by atoms with van der Waals surface area (Å²) in [5.41, 5.74) is 0.571. The van der Waals surface area contributed by atoms with Gasteiger partial charge in [-0.3, -0.25) is 4.79 Å². The second-order valence-corrected chi connectivity index (χ2v) is 12.7. The zero-order chi connectivity index (χ0) is 28.3. The Bertz CT molecular complexity index is 1450. The van der Waals surface area contributed by atoms with E-state index in [-0.39, 0.29) is 42.5 Å². The number of allylic oxidation sites excluding steroid dienone is 2. The van der Waals surface area contributed by atoms with Gasteiger partial charge in [0, 0.05) is 60.4 Å². The van der Waals surface area contributed by atoms with Crippen molar-refractivity contribution in [3.05, 3.63) is 90.3 Å². The molecule has 0 aliphatic carbocycles. The predicted octanol–water partition coefficient (Wildman–Crippen LogP) is 9.37. The molecule has 0 spiro atoms. The van der Waals surface area contributed by atoms with E-state index >= 15 is 0 Å². The van der Waals surface area contributed by atoms with Gasteiger partial charge < -0.3 is 9.84 Å². The minimum absolute atomic E-state index is 0.